The van der Waals surface area contributed by atoms with Crippen molar-refractivity contribution >= 4 is 15.9 Å². The van der Waals surface area contributed by atoms with E-state index in [0.717, 1.165) is 4.60 Å². The molecule has 0 aliphatic rings. The third kappa shape index (κ3) is 3.32. The van der Waals surface area contributed by atoms with E-state index in [-0.39, 0.29) is 0 Å². The molecule has 144 valence electrons. The molecule has 4 aromatic rings. The lowest BCUT2D eigenvalue weighted by atomic mass is 9.62. The van der Waals surface area contributed by atoms with Gasteiger partial charge < -0.3 is 0 Å². The molecule has 1 aromatic heterocycles. The minimum absolute atomic E-state index is 0.449. The quantitative estimate of drug-likeness (QED) is 0.242. The van der Waals surface area contributed by atoms with Gasteiger partial charge in [-0.25, -0.2) is 4.98 Å². The van der Waals surface area contributed by atoms with Crippen molar-refractivity contribution in [3.05, 3.63) is 135 Å². The van der Waals surface area contributed by atoms with Crippen LogP contribution in [-0.2, 0) is 5.41 Å². The van der Waals surface area contributed by atoms with E-state index in [1.54, 1.807) is 0 Å². The van der Waals surface area contributed by atoms with Gasteiger partial charge in [0.1, 0.15) is 4.60 Å². The van der Waals surface area contributed by atoms with Crippen LogP contribution in [0.1, 0.15) is 38.9 Å². The van der Waals surface area contributed by atoms with Crippen molar-refractivity contribution in [1.29, 1.82) is 0 Å². The maximum absolute atomic E-state index is 4.63. The molecule has 0 aliphatic heterocycles. The Labute approximate surface area is 181 Å². The Kier molecular flexibility index (Phi) is 5.38. The summed E-state index contributed by atoms with van der Waals surface area (Å²) >= 11 is 3.51. The molecule has 2 heteroatoms. The van der Waals surface area contributed by atoms with Crippen molar-refractivity contribution in [2.24, 2.45) is 0 Å². The van der Waals surface area contributed by atoms with Gasteiger partial charge in [0.25, 0.3) is 0 Å². The lowest BCUT2D eigenvalue weighted by Crippen LogP contribution is -2.33. The summed E-state index contributed by atoms with van der Waals surface area (Å²) in [6.45, 7) is 6.60. The molecule has 0 saturated carbocycles. The number of pyridine rings is 1. The summed E-state index contributed by atoms with van der Waals surface area (Å²) in [7, 11) is 0. The van der Waals surface area contributed by atoms with Gasteiger partial charge >= 0.3 is 0 Å². The second kappa shape index (κ2) is 7.96. The molecule has 1 nitrogen and oxygen atoms in total. The minimum atomic E-state index is -0.449. The molecule has 0 radical (unpaired) electrons. The highest BCUT2D eigenvalue weighted by Gasteiger charge is 2.41. The van der Waals surface area contributed by atoms with Gasteiger partial charge in [0.15, 0.2) is 0 Å². The van der Waals surface area contributed by atoms with Crippen molar-refractivity contribution < 1.29 is 0 Å². The molecule has 3 aromatic carbocycles. The van der Waals surface area contributed by atoms with Crippen molar-refractivity contribution in [2.75, 3.05) is 0 Å². The molecule has 4 rings (SSSR count). The van der Waals surface area contributed by atoms with Crippen LogP contribution in [0.25, 0.3) is 0 Å². The first-order chi connectivity index (χ1) is 14.0. The topological polar surface area (TPSA) is 12.9 Å². The van der Waals surface area contributed by atoms with E-state index >= 15 is 0 Å². The van der Waals surface area contributed by atoms with Crippen LogP contribution < -0.4 is 0 Å². The molecule has 0 spiro atoms. The molecule has 29 heavy (non-hydrogen) atoms. The van der Waals surface area contributed by atoms with E-state index in [2.05, 4.69) is 121 Å². The molecule has 0 bridgehead atoms. The van der Waals surface area contributed by atoms with Gasteiger partial charge in [0.2, 0.25) is 0 Å². The van der Waals surface area contributed by atoms with Crippen LogP contribution in [0.3, 0.4) is 0 Å². The average molecular weight is 442 g/mol. The normalized spacial score (nSPS) is 11.4. The Morgan fingerprint density at radius 1 is 0.586 bits per heavy atom. The maximum Gasteiger partial charge on any atom is 0.106 e. The number of aromatic nitrogens is 1. The minimum Gasteiger partial charge on any atom is -0.249 e. The lowest BCUT2D eigenvalue weighted by Gasteiger charge is -2.39. The SMILES string of the molecule is Cc1ccccc1C(c1ccc(Br)nc1)(c1ccccc1C)c1ccccc1C. The Bertz CT molecular complexity index is 1030. The highest BCUT2D eigenvalue weighted by molar-refractivity contribution is 9.10. The van der Waals surface area contributed by atoms with Crippen LogP contribution in [0, 0.1) is 20.8 Å². The van der Waals surface area contributed by atoms with E-state index in [4.69, 9.17) is 0 Å². The zero-order valence-corrected chi connectivity index (χ0v) is 18.6. The first-order valence-electron chi connectivity index (χ1n) is 9.85. The first kappa shape index (κ1) is 19.6. The predicted molar refractivity (Wildman–Crippen MR) is 124 cm³/mol. The smallest absolute Gasteiger partial charge is 0.106 e. The van der Waals surface area contributed by atoms with Crippen LogP contribution in [0.4, 0.5) is 0 Å². The van der Waals surface area contributed by atoms with Gasteiger partial charge in [-0.1, -0.05) is 78.9 Å². The second-order valence-electron chi connectivity index (χ2n) is 7.56. The van der Waals surface area contributed by atoms with Crippen molar-refractivity contribution in [2.45, 2.75) is 26.2 Å². The van der Waals surface area contributed by atoms with E-state index < -0.39 is 5.41 Å². The number of aryl methyl sites for hydroxylation is 3. The molecule has 0 fully saturated rings. The fourth-order valence-electron chi connectivity index (χ4n) is 4.48. The predicted octanol–water partition coefficient (Wildman–Crippen LogP) is 7.15. The third-order valence-electron chi connectivity index (χ3n) is 5.81. The van der Waals surface area contributed by atoms with Crippen LogP contribution in [0.5, 0.6) is 0 Å². The maximum atomic E-state index is 4.63. The fraction of sp³-hybridized carbons (Fsp3) is 0.148. The molecule has 0 atom stereocenters. The van der Waals surface area contributed by atoms with Gasteiger partial charge in [0.05, 0.1) is 5.41 Å². The number of hydrogen-bond donors (Lipinski definition) is 0. The molecule has 1 heterocycles. The summed E-state index contributed by atoms with van der Waals surface area (Å²) in [6.07, 6.45) is 2.01. The lowest BCUT2D eigenvalue weighted by molar-refractivity contribution is 0.721. The molecular weight excluding hydrogens is 418 g/mol. The van der Waals surface area contributed by atoms with E-state index in [0.29, 0.717) is 0 Å². The van der Waals surface area contributed by atoms with E-state index in [1.807, 2.05) is 12.3 Å². The molecular formula is C27H24BrN. The van der Waals surface area contributed by atoms with E-state index in [1.165, 1.54) is 38.9 Å². The highest BCUT2D eigenvalue weighted by Crippen LogP contribution is 2.48. The Hall–Kier alpha value is -2.71. The molecule has 0 amide bonds. The number of nitrogens with zero attached hydrogens (tertiary/aromatic N) is 1. The molecule has 0 saturated heterocycles. The van der Waals surface area contributed by atoms with Crippen molar-refractivity contribution in [3.63, 3.8) is 0 Å². The van der Waals surface area contributed by atoms with Gasteiger partial charge in [-0.3, -0.25) is 0 Å². The largest absolute Gasteiger partial charge is 0.249 e. The summed E-state index contributed by atoms with van der Waals surface area (Å²) in [6, 6.07) is 30.4. The monoisotopic (exact) mass is 441 g/mol. The zero-order chi connectivity index (χ0) is 20.4. The molecule has 0 aliphatic carbocycles. The number of hydrogen-bond acceptors (Lipinski definition) is 1. The number of benzene rings is 3. The van der Waals surface area contributed by atoms with Crippen molar-refractivity contribution in [1.82, 2.24) is 4.98 Å². The van der Waals surface area contributed by atoms with Crippen LogP contribution in [-0.4, -0.2) is 4.98 Å². The summed E-state index contributed by atoms with van der Waals surface area (Å²) in [5.41, 5.74) is 8.37. The van der Waals surface area contributed by atoms with Gasteiger partial charge in [0, 0.05) is 6.20 Å². The summed E-state index contributed by atoms with van der Waals surface area (Å²) in [4.78, 5) is 4.63. The Balaban J connectivity index is 2.23. The van der Waals surface area contributed by atoms with Gasteiger partial charge in [-0.15, -0.1) is 0 Å². The zero-order valence-electron chi connectivity index (χ0n) is 17.0. The first-order valence-corrected chi connectivity index (χ1v) is 10.6. The Morgan fingerprint density at radius 3 is 1.34 bits per heavy atom. The summed E-state index contributed by atoms with van der Waals surface area (Å²) in [5.74, 6) is 0. The van der Waals surface area contributed by atoms with Crippen LogP contribution >= 0.6 is 15.9 Å². The summed E-state index contributed by atoms with van der Waals surface area (Å²) < 4.78 is 0.842. The fourth-order valence-corrected chi connectivity index (χ4v) is 4.71. The Morgan fingerprint density at radius 2 is 1.00 bits per heavy atom. The average Bonchev–Trinajstić information content (AvgIpc) is 2.73. The summed E-state index contributed by atoms with van der Waals surface area (Å²) in [5, 5.41) is 0. The van der Waals surface area contributed by atoms with Gasteiger partial charge in [-0.05, 0) is 81.7 Å². The van der Waals surface area contributed by atoms with Crippen molar-refractivity contribution in [3.8, 4) is 0 Å². The van der Waals surface area contributed by atoms with Crippen LogP contribution in [0.2, 0.25) is 0 Å². The highest BCUT2D eigenvalue weighted by atomic mass is 79.9. The second-order valence-corrected chi connectivity index (χ2v) is 8.38. The van der Waals surface area contributed by atoms with E-state index in [9.17, 15) is 0 Å². The number of halogens is 1. The molecule has 0 N–H and O–H groups in total. The van der Waals surface area contributed by atoms with Gasteiger partial charge in [-0.2, -0.15) is 0 Å². The number of rotatable bonds is 4. The van der Waals surface area contributed by atoms with Crippen LogP contribution in [0.15, 0.2) is 95.7 Å². The molecule has 0 unspecified atom stereocenters. The third-order valence-corrected chi connectivity index (χ3v) is 6.28. The standard InChI is InChI=1S/C27H24BrN/c1-19-10-4-7-13-23(19)27(22-16-17-26(28)29-18-22,24-14-8-5-11-20(24)2)25-15-9-6-12-21(25)3/h4-18H,1-3H3.